The van der Waals surface area contributed by atoms with Crippen LogP contribution in [0.1, 0.15) is 44.3 Å². The number of amides is 2. The lowest BCUT2D eigenvalue weighted by atomic mass is 10.0. The number of nitrogens with one attached hydrogen (secondary N) is 1. The van der Waals surface area contributed by atoms with E-state index in [9.17, 15) is 14.4 Å². The lowest BCUT2D eigenvalue weighted by molar-refractivity contribution is -0.145. The molecule has 1 aromatic heterocycles. The lowest BCUT2D eigenvalue weighted by Crippen LogP contribution is -2.49. The fourth-order valence-electron chi connectivity index (χ4n) is 3.40. The van der Waals surface area contributed by atoms with E-state index in [1.807, 2.05) is 13.8 Å². The minimum atomic E-state index is -0.921. The second-order valence-corrected chi connectivity index (χ2v) is 7.92. The fraction of sp³-hybridized carbons (Fsp3) is 0.545. The summed E-state index contributed by atoms with van der Waals surface area (Å²) in [7, 11) is 0. The van der Waals surface area contributed by atoms with Crippen molar-refractivity contribution in [1.82, 2.24) is 15.2 Å². The van der Waals surface area contributed by atoms with Crippen LogP contribution in [0.3, 0.4) is 0 Å². The lowest BCUT2D eigenvalue weighted by Gasteiger charge is -2.31. The van der Waals surface area contributed by atoms with Gasteiger partial charge in [0.2, 0.25) is 5.78 Å². The average molecular weight is 431 g/mol. The topological polar surface area (TPSA) is 111 Å². The van der Waals surface area contributed by atoms with Crippen LogP contribution in [0, 0.1) is 5.92 Å². The van der Waals surface area contributed by atoms with Gasteiger partial charge in [0.1, 0.15) is 11.6 Å². The molecule has 1 unspecified atom stereocenters. The van der Waals surface area contributed by atoms with E-state index in [0.717, 1.165) is 0 Å². The molecule has 3 rings (SSSR count). The van der Waals surface area contributed by atoms with Crippen LogP contribution < -0.4 is 5.32 Å². The predicted molar refractivity (Wildman–Crippen MR) is 113 cm³/mol. The van der Waals surface area contributed by atoms with Crippen molar-refractivity contribution in [1.29, 1.82) is 0 Å². The zero-order chi connectivity index (χ0) is 22.4. The van der Waals surface area contributed by atoms with Gasteiger partial charge in [-0.25, -0.2) is 9.78 Å². The second-order valence-electron chi connectivity index (χ2n) is 7.92. The van der Waals surface area contributed by atoms with Gasteiger partial charge in [0, 0.05) is 13.1 Å². The summed E-state index contributed by atoms with van der Waals surface area (Å²) >= 11 is 0. The van der Waals surface area contributed by atoms with Crippen molar-refractivity contribution in [3.63, 3.8) is 0 Å². The number of morpholine rings is 1. The number of ketones is 1. The van der Waals surface area contributed by atoms with Gasteiger partial charge in [-0.05, 0) is 30.9 Å². The van der Waals surface area contributed by atoms with Crippen molar-refractivity contribution in [2.75, 3.05) is 26.3 Å². The summed E-state index contributed by atoms with van der Waals surface area (Å²) in [5, 5.41) is 2.56. The molecule has 9 nitrogen and oxygen atoms in total. The van der Waals surface area contributed by atoms with Crippen molar-refractivity contribution in [3.8, 4) is 0 Å². The summed E-state index contributed by atoms with van der Waals surface area (Å²) in [6.07, 6.45) is -1.03. The van der Waals surface area contributed by atoms with Gasteiger partial charge in [0.15, 0.2) is 11.7 Å². The minimum absolute atomic E-state index is 0.0727. The van der Waals surface area contributed by atoms with Gasteiger partial charge in [-0.2, -0.15) is 0 Å². The minimum Gasteiger partial charge on any atom is -0.436 e. The van der Waals surface area contributed by atoms with Crippen LogP contribution in [-0.2, 0) is 14.3 Å². The number of para-hydroxylation sites is 2. The first-order chi connectivity index (χ1) is 14.9. The molecule has 2 heterocycles. The van der Waals surface area contributed by atoms with E-state index in [1.54, 1.807) is 36.1 Å². The van der Waals surface area contributed by atoms with Crippen molar-refractivity contribution in [2.24, 2.45) is 5.92 Å². The third-order valence-corrected chi connectivity index (χ3v) is 5.05. The van der Waals surface area contributed by atoms with Gasteiger partial charge in [-0.15, -0.1) is 0 Å². The molecule has 168 valence electrons. The Kier molecular flexibility index (Phi) is 7.62. The van der Waals surface area contributed by atoms with E-state index in [4.69, 9.17) is 13.9 Å². The van der Waals surface area contributed by atoms with Crippen molar-refractivity contribution >= 4 is 28.9 Å². The highest BCUT2D eigenvalue weighted by Crippen LogP contribution is 2.17. The number of Topliss-reactive ketones (excluding diaryl/α,β-unsaturated/α-hetero) is 1. The molecule has 1 saturated heterocycles. The first kappa shape index (κ1) is 22.7. The van der Waals surface area contributed by atoms with Gasteiger partial charge in [0.05, 0.1) is 13.2 Å². The number of nitrogens with zero attached hydrogens (tertiary/aromatic N) is 2. The molecule has 1 aliphatic heterocycles. The first-order valence-corrected chi connectivity index (χ1v) is 10.6. The number of carbonyl (C=O) groups is 3. The first-order valence-electron chi connectivity index (χ1n) is 10.6. The maximum atomic E-state index is 12.9. The number of hydrogen-bond donors (Lipinski definition) is 1. The van der Waals surface area contributed by atoms with E-state index < -0.39 is 24.0 Å². The Morgan fingerprint density at radius 1 is 1.19 bits per heavy atom. The Morgan fingerprint density at radius 2 is 1.90 bits per heavy atom. The van der Waals surface area contributed by atoms with Crippen molar-refractivity contribution < 1.29 is 28.3 Å². The van der Waals surface area contributed by atoms with Gasteiger partial charge >= 0.3 is 6.09 Å². The molecule has 1 N–H and O–H groups in total. The molecule has 1 aliphatic rings. The highest BCUT2D eigenvalue weighted by molar-refractivity contribution is 5.99. The molecule has 0 radical (unpaired) electrons. The van der Waals surface area contributed by atoms with Crippen molar-refractivity contribution in [3.05, 3.63) is 30.2 Å². The van der Waals surface area contributed by atoms with E-state index in [1.165, 1.54) is 0 Å². The molecule has 1 aromatic carbocycles. The molecule has 1 fully saturated rings. The van der Waals surface area contributed by atoms with Gasteiger partial charge in [0.25, 0.3) is 11.8 Å². The monoisotopic (exact) mass is 431 g/mol. The summed E-state index contributed by atoms with van der Waals surface area (Å²) in [6.45, 7) is 7.51. The molecule has 2 atom stereocenters. The van der Waals surface area contributed by atoms with Gasteiger partial charge in [-0.1, -0.05) is 32.9 Å². The zero-order valence-electron chi connectivity index (χ0n) is 18.1. The van der Waals surface area contributed by atoms with Crippen LogP contribution in [0.5, 0.6) is 0 Å². The van der Waals surface area contributed by atoms with Crippen LogP contribution in [-0.4, -0.2) is 66.1 Å². The molecular weight excluding hydrogens is 402 g/mol. The number of fused-ring (bicyclic) bond motifs is 1. The highest BCUT2D eigenvalue weighted by Gasteiger charge is 2.32. The summed E-state index contributed by atoms with van der Waals surface area (Å²) < 4.78 is 16.3. The second kappa shape index (κ2) is 10.4. The fourth-order valence-corrected chi connectivity index (χ4v) is 3.40. The Bertz CT molecular complexity index is 886. The van der Waals surface area contributed by atoms with Crippen LogP contribution >= 0.6 is 0 Å². The van der Waals surface area contributed by atoms with Crippen LogP contribution in [0.4, 0.5) is 4.79 Å². The number of alkyl carbamates (subject to hydrolysis) is 1. The Balaban J connectivity index is 1.65. The number of benzene rings is 1. The van der Waals surface area contributed by atoms with Gasteiger partial charge < -0.3 is 24.1 Å². The van der Waals surface area contributed by atoms with E-state index in [0.29, 0.717) is 50.2 Å². The number of aromatic nitrogens is 1. The summed E-state index contributed by atoms with van der Waals surface area (Å²) in [4.78, 5) is 44.1. The third kappa shape index (κ3) is 5.81. The molecular formula is C22H29N3O6. The van der Waals surface area contributed by atoms with Crippen LogP contribution in [0.25, 0.3) is 11.1 Å². The summed E-state index contributed by atoms with van der Waals surface area (Å²) in [5.74, 6) is -0.622. The molecule has 31 heavy (non-hydrogen) atoms. The maximum absolute atomic E-state index is 12.9. The molecule has 9 heteroatoms. The number of rotatable bonds is 8. The smallest absolute Gasteiger partial charge is 0.408 e. The van der Waals surface area contributed by atoms with E-state index >= 15 is 0 Å². The maximum Gasteiger partial charge on any atom is 0.408 e. The number of carbonyl (C=O) groups excluding carboxylic acids is 3. The third-order valence-electron chi connectivity index (χ3n) is 5.05. The number of oxazole rings is 1. The van der Waals surface area contributed by atoms with Gasteiger partial charge in [-0.3, -0.25) is 9.59 Å². The van der Waals surface area contributed by atoms with E-state index in [-0.39, 0.29) is 17.7 Å². The largest absolute Gasteiger partial charge is 0.436 e. The standard InChI is InChI=1S/C22H29N3O6/c1-4-15(19(26)20-23-16-7-5-6-8-17(16)30-20)24-22(28)31-18(13-14(2)3)21(27)25-9-11-29-12-10-25/h5-8,14-15,18H,4,9-13H2,1-3H3,(H,24,28)/t15-,18?/m0/s1. The summed E-state index contributed by atoms with van der Waals surface area (Å²) in [6, 6.07) is 6.17. The number of hydrogen-bond acceptors (Lipinski definition) is 7. The molecule has 2 amide bonds. The van der Waals surface area contributed by atoms with Crippen LogP contribution in [0.15, 0.2) is 28.7 Å². The highest BCUT2D eigenvalue weighted by atomic mass is 16.6. The van der Waals surface area contributed by atoms with E-state index in [2.05, 4.69) is 10.3 Å². The molecule has 2 aromatic rings. The zero-order valence-corrected chi connectivity index (χ0v) is 18.1. The van der Waals surface area contributed by atoms with Crippen molar-refractivity contribution in [2.45, 2.75) is 45.8 Å². The SMILES string of the molecule is CC[C@H](NC(=O)OC(CC(C)C)C(=O)N1CCOCC1)C(=O)c1nc2ccccc2o1. The molecule has 0 saturated carbocycles. The van der Waals surface area contributed by atoms with Crippen LogP contribution in [0.2, 0.25) is 0 Å². The Labute approximate surface area is 181 Å². The molecule has 0 aliphatic carbocycles. The predicted octanol–water partition coefficient (Wildman–Crippen LogP) is 2.79. The molecule has 0 spiro atoms. The Morgan fingerprint density at radius 3 is 2.55 bits per heavy atom. The normalized spacial score (nSPS) is 16.2. The number of ether oxygens (including phenoxy) is 2. The Hall–Kier alpha value is -2.94. The summed E-state index contributed by atoms with van der Waals surface area (Å²) in [5.41, 5.74) is 1.06. The molecule has 0 bridgehead atoms. The quantitative estimate of drug-likeness (QED) is 0.640. The average Bonchev–Trinajstić information content (AvgIpc) is 3.20.